The minimum absolute atomic E-state index is 0.584. The Kier molecular flexibility index (Phi) is 5.94. The smallest absolute Gasteiger partial charge is 0.250 e. The lowest BCUT2D eigenvalue weighted by Gasteiger charge is -2.25. The van der Waals surface area contributed by atoms with Gasteiger partial charge < -0.3 is 4.42 Å². The van der Waals surface area contributed by atoms with Crippen LogP contribution in [0.2, 0.25) is 0 Å². The molecule has 4 aromatic carbocycles. The molecule has 0 saturated carbocycles. The Labute approximate surface area is 194 Å². The molecule has 32 heavy (non-hydrogen) atoms. The van der Waals surface area contributed by atoms with E-state index in [1.807, 2.05) is 18.2 Å². The van der Waals surface area contributed by atoms with Gasteiger partial charge >= 0.3 is 0 Å². The minimum atomic E-state index is -2.31. The van der Waals surface area contributed by atoms with Crippen LogP contribution in [-0.2, 0) is 6.42 Å². The van der Waals surface area contributed by atoms with Crippen molar-refractivity contribution in [3.8, 4) is 0 Å². The van der Waals surface area contributed by atoms with Crippen LogP contribution in [0.4, 0.5) is 0 Å². The van der Waals surface area contributed by atoms with Gasteiger partial charge in [-0.3, -0.25) is 0 Å². The zero-order valence-corrected chi connectivity index (χ0v) is 19.3. The van der Waals surface area contributed by atoms with Gasteiger partial charge in [0.2, 0.25) is 11.0 Å². The van der Waals surface area contributed by atoms with Gasteiger partial charge in [-0.2, -0.15) is 4.98 Å². The van der Waals surface area contributed by atoms with E-state index in [4.69, 9.17) is 22.0 Å². The molecule has 0 aliphatic rings. The first-order valence-electron chi connectivity index (χ1n) is 10.6. The van der Waals surface area contributed by atoms with Crippen molar-refractivity contribution in [2.24, 2.45) is 0 Å². The number of oxazole rings is 1. The predicted octanol–water partition coefficient (Wildman–Crippen LogP) is 5.17. The molecule has 0 saturated heterocycles. The van der Waals surface area contributed by atoms with Crippen molar-refractivity contribution < 1.29 is 4.42 Å². The SMILES string of the molecule is Sc1oc(Cc2ccccc2)nc1[P+](c1ccccc1)(c1ccccc1)c1ccccc1. The summed E-state index contributed by atoms with van der Waals surface area (Å²) in [5, 5.41) is 4.27. The molecule has 0 radical (unpaired) electrons. The van der Waals surface area contributed by atoms with Crippen LogP contribution in [0.5, 0.6) is 0 Å². The lowest BCUT2D eigenvalue weighted by atomic mass is 10.2. The van der Waals surface area contributed by atoms with E-state index in [0.29, 0.717) is 17.4 Å². The highest BCUT2D eigenvalue weighted by Crippen LogP contribution is 2.55. The highest BCUT2D eigenvalue weighted by molar-refractivity contribution is 8.02. The molecule has 0 bridgehead atoms. The Morgan fingerprint density at radius 2 is 1.00 bits per heavy atom. The van der Waals surface area contributed by atoms with Gasteiger partial charge in [-0.15, -0.1) is 0 Å². The first-order chi connectivity index (χ1) is 15.8. The van der Waals surface area contributed by atoms with Gasteiger partial charge in [0.15, 0.2) is 7.26 Å². The zero-order chi connectivity index (χ0) is 21.8. The van der Waals surface area contributed by atoms with Crippen LogP contribution in [0, 0.1) is 0 Å². The number of nitrogens with zero attached hydrogens (tertiary/aromatic N) is 1. The third-order valence-corrected chi connectivity index (χ3v) is 10.2. The summed E-state index contributed by atoms with van der Waals surface area (Å²) in [6.07, 6.45) is 0.632. The normalized spacial score (nSPS) is 11.4. The molecular weight excluding hydrogens is 429 g/mol. The molecule has 0 fully saturated rings. The monoisotopic (exact) mass is 452 g/mol. The van der Waals surface area contributed by atoms with Crippen LogP contribution >= 0.6 is 19.9 Å². The number of aromatic nitrogens is 1. The average Bonchev–Trinajstić information content (AvgIpc) is 3.22. The summed E-state index contributed by atoms with van der Waals surface area (Å²) in [6, 6.07) is 42.2. The fourth-order valence-electron chi connectivity index (χ4n) is 4.18. The lowest BCUT2D eigenvalue weighted by Crippen LogP contribution is -2.39. The molecule has 2 nitrogen and oxygen atoms in total. The average molecular weight is 453 g/mol. The summed E-state index contributed by atoms with van der Waals surface area (Å²) < 4.78 is 6.17. The summed E-state index contributed by atoms with van der Waals surface area (Å²) in [5.74, 6) is 0.684. The Morgan fingerprint density at radius 1 is 0.594 bits per heavy atom. The van der Waals surface area contributed by atoms with Crippen molar-refractivity contribution in [2.75, 3.05) is 0 Å². The fraction of sp³-hybridized carbons (Fsp3) is 0.0357. The Bertz CT molecular complexity index is 1190. The number of hydrogen-bond donors (Lipinski definition) is 1. The molecule has 0 N–H and O–H groups in total. The molecule has 0 amide bonds. The minimum Gasteiger partial charge on any atom is -0.430 e. The number of thiol groups is 1. The molecule has 0 aliphatic carbocycles. The molecule has 0 atom stereocenters. The topological polar surface area (TPSA) is 26.0 Å². The van der Waals surface area contributed by atoms with Crippen LogP contribution in [0.3, 0.4) is 0 Å². The third-order valence-electron chi connectivity index (χ3n) is 5.58. The van der Waals surface area contributed by atoms with E-state index < -0.39 is 7.26 Å². The van der Waals surface area contributed by atoms with Crippen molar-refractivity contribution in [1.82, 2.24) is 4.98 Å². The molecule has 0 aliphatic heterocycles. The van der Waals surface area contributed by atoms with Crippen molar-refractivity contribution in [2.45, 2.75) is 11.5 Å². The summed E-state index contributed by atoms with van der Waals surface area (Å²) in [4.78, 5) is 5.11. The molecular formula is C28H23NOPS+. The highest BCUT2D eigenvalue weighted by atomic mass is 32.1. The third kappa shape index (κ3) is 3.79. The van der Waals surface area contributed by atoms with Gasteiger partial charge in [-0.1, -0.05) is 97.6 Å². The maximum Gasteiger partial charge on any atom is 0.250 e. The van der Waals surface area contributed by atoms with Crippen LogP contribution < -0.4 is 21.3 Å². The van der Waals surface area contributed by atoms with E-state index in [0.717, 1.165) is 11.0 Å². The molecule has 1 heterocycles. The standard InChI is InChI=1S/C28H22NOPS/c32-28-27(29-26(30-28)21-22-13-5-1-6-14-22)31(23-15-7-2-8-16-23,24-17-9-3-10-18-24)25-19-11-4-12-20-25/h1-20H,21H2/p+1. The molecule has 4 heteroatoms. The molecule has 0 spiro atoms. The fourth-order valence-corrected chi connectivity index (χ4v) is 8.87. The predicted molar refractivity (Wildman–Crippen MR) is 138 cm³/mol. The van der Waals surface area contributed by atoms with E-state index in [1.165, 1.54) is 15.9 Å². The van der Waals surface area contributed by atoms with Crippen LogP contribution in [0.15, 0.2) is 131 Å². The first kappa shape index (κ1) is 20.8. The largest absolute Gasteiger partial charge is 0.430 e. The quantitative estimate of drug-likeness (QED) is 0.284. The van der Waals surface area contributed by atoms with Crippen molar-refractivity contribution in [3.63, 3.8) is 0 Å². The summed E-state index contributed by atoms with van der Waals surface area (Å²) >= 11 is 4.83. The first-order valence-corrected chi connectivity index (χ1v) is 12.8. The van der Waals surface area contributed by atoms with Crippen LogP contribution in [0.1, 0.15) is 11.5 Å². The Balaban J connectivity index is 1.78. The summed E-state index contributed by atoms with van der Waals surface area (Å²) in [7, 11) is -2.31. The van der Waals surface area contributed by atoms with Gasteiger partial charge in [0, 0.05) is 6.42 Å². The van der Waals surface area contributed by atoms with Crippen LogP contribution in [0.25, 0.3) is 0 Å². The Morgan fingerprint density at radius 3 is 1.44 bits per heavy atom. The van der Waals surface area contributed by atoms with E-state index in [9.17, 15) is 0 Å². The van der Waals surface area contributed by atoms with Crippen molar-refractivity contribution in [1.29, 1.82) is 0 Å². The summed E-state index contributed by atoms with van der Waals surface area (Å²) in [5.41, 5.74) is 2.08. The molecule has 1 aromatic heterocycles. The second-order valence-corrected chi connectivity index (χ2v) is 11.3. The lowest BCUT2D eigenvalue weighted by molar-refractivity contribution is 0.434. The van der Waals surface area contributed by atoms with E-state index >= 15 is 0 Å². The van der Waals surface area contributed by atoms with E-state index in [-0.39, 0.29) is 0 Å². The van der Waals surface area contributed by atoms with Gasteiger partial charge in [-0.25, -0.2) is 0 Å². The molecule has 5 rings (SSSR count). The second kappa shape index (κ2) is 9.16. The van der Waals surface area contributed by atoms with Gasteiger partial charge in [0.25, 0.3) is 5.44 Å². The number of rotatable bonds is 6. The number of benzene rings is 4. The maximum atomic E-state index is 6.17. The van der Waals surface area contributed by atoms with Crippen LogP contribution in [-0.4, -0.2) is 4.98 Å². The zero-order valence-electron chi connectivity index (χ0n) is 17.5. The number of hydrogen-bond acceptors (Lipinski definition) is 3. The van der Waals surface area contributed by atoms with Crippen molar-refractivity contribution >= 4 is 41.2 Å². The van der Waals surface area contributed by atoms with Gasteiger partial charge in [0.1, 0.15) is 15.9 Å². The molecule has 5 aromatic rings. The Hall–Kier alpha value is -3.13. The van der Waals surface area contributed by atoms with Gasteiger partial charge in [0.05, 0.1) is 0 Å². The van der Waals surface area contributed by atoms with E-state index in [1.54, 1.807) is 0 Å². The second-order valence-electron chi connectivity index (χ2n) is 7.58. The van der Waals surface area contributed by atoms with Crippen molar-refractivity contribution in [3.05, 3.63) is 133 Å². The molecule has 156 valence electrons. The molecule has 0 unspecified atom stereocenters. The van der Waals surface area contributed by atoms with Gasteiger partial charge in [-0.05, 0) is 42.0 Å². The summed E-state index contributed by atoms with van der Waals surface area (Å²) in [6.45, 7) is 0. The van der Waals surface area contributed by atoms with E-state index in [2.05, 4.69) is 103 Å². The highest BCUT2D eigenvalue weighted by Gasteiger charge is 2.52. The maximum absolute atomic E-state index is 6.17.